The first-order chi connectivity index (χ1) is 14.3. The van der Waals surface area contributed by atoms with Crippen LogP contribution in [0.15, 0.2) is 45.8 Å². The molecule has 0 atom stereocenters. The van der Waals surface area contributed by atoms with E-state index in [1.165, 1.54) is 0 Å². The van der Waals surface area contributed by atoms with Crippen molar-refractivity contribution in [3.63, 3.8) is 0 Å². The first kappa shape index (κ1) is 22.6. The minimum Gasteiger partial charge on any atom is -0.493 e. The predicted molar refractivity (Wildman–Crippen MR) is 126 cm³/mol. The molecule has 0 radical (unpaired) electrons. The Bertz CT molecular complexity index is 1040. The number of thiocarbonyl (C=S) groups is 1. The highest BCUT2D eigenvalue weighted by molar-refractivity contribution is 9.10. The molecule has 2 amide bonds. The van der Waals surface area contributed by atoms with Crippen molar-refractivity contribution in [3.8, 4) is 11.5 Å². The molecule has 156 valence electrons. The van der Waals surface area contributed by atoms with E-state index in [9.17, 15) is 9.59 Å². The summed E-state index contributed by atoms with van der Waals surface area (Å²) in [5, 5.41) is 1.57. The zero-order valence-electron chi connectivity index (χ0n) is 15.9. The molecular weight excluding hydrogens is 512 g/mol. The van der Waals surface area contributed by atoms with Crippen molar-refractivity contribution in [2.45, 2.75) is 6.92 Å². The number of halogens is 2. The van der Waals surface area contributed by atoms with Crippen molar-refractivity contribution in [3.05, 3.63) is 61.9 Å². The van der Waals surface area contributed by atoms with E-state index in [0.29, 0.717) is 39.2 Å². The Morgan fingerprint density at radius 2 is 2.00 bits per heavy atom. The standard InChI is InChI=1S/C20H16BrClN2O4S2/c1-3-28-16-10-14(21)12(8-15(16)27-2)9-17-19(26)24(20(29)30-17)23-18(25)11-4-6-13(22)7-5-11/h4-10H,3H2,1-2H3,(H,23,25)/b17-9-. The highest BCUT2D eigenvalue weighted by atomic mass is 79.9. The summed E-state index contributed by atoms with van der Waals surface area (Å²) in [6, 6.07) is 9.85. The minimum absolute atomic E-state index is 0.225. The zero-order valence-corrected chi connectivity index (χ0v) is 19.9. The predicted octanol–water partition coefficient (Wildman–Crippen LogP) is 5.06. The van der Waals surface area contributed by atoms with Crippen molar-refractivity contribution in [2.75, 3.05) is 13.7 Å². The number of nitrogens with zero attached hydrogens (tertiary/aromatic N) is 1. The van der Waals surface area contributed by atoms with E-state index in [-0.39, 0.29) is 4.32 Å². The summed E-state index contributed by atoms with van der Waals surface area (Å²) in [7, 11) is 1.54. The number of carbonyl (C=O) groups excluding carboxylic acids is 2. The van der Waals surface area contributed by atoms with E-state index in [1.807, 2.05) is 6.92 Å². The number of hydrogen-bond donors (Lipinski definition) is 1. The van der Waals surface area contributed by atoms with Crippen LogP contribution in [0.5, 0.6) is 11.5 Å². The average molecular weight is 528 g/mol. The van der Waals surface area contributed by atoms with Gasteiger partial charge in [-0.25, -0.2) is 0 Å². The molecule has 6 nitrogen and oxygen atoms in total. The second-order valence-electron chi connectivity index (χ2n) is 5.92. The van der Waals surface area contributed by atoms with Gasteiger partial charge in [0, 0.05) is 15.1 Å². The molecule has 30 heavy (non-hydrogen) atoms. The molecule has 2 aromatic carbocycles. The fourth-order valence-electron chi connectivity index (χ4n) is 2.56. The molecule has 0 saturated carbocycles. The highest BCUT2D eigenvalue weighted by Crippen LogP contribution is 2.37. The second kappa shape index (κ2) is 9.82. The van der Waals surface area contributed by atoms with Gasteiger partial charge in [-0.3, -0.25) is 15.0 Å². The lowest BCUT2D eigenvalue weighted by Crippen LogP contribution is -2.44. The maximum atomic E-state index is 12.8. The number of methoxy groups -OCH3 is 1. The smallest absolute Gasteiger partial charge is 0.285 e. The van der Waals surface area contributed by atoms with Crippen molar-refractivity contribution in [2.24, 2.45) is 0 Å². The third-order valence-corrected chi connectivity index (χ3v) is 6.22. The molecule has 2 aromatic rings. The van der Waals surface area contributed by atoms with Crippen molar-refractivity contribution in [1.29, 1.82) is 0 Å². The number of hydrogen-bond acceptors (Lipinski definition) is 6. The summed E-state index contributed by atoms with van der Waals surface area (Å²) in [6.07, 6.45) is 1.68. The van der Waals surface area contributed by atoms with Gasteiger partial charge in [0.05, 0.1) is 18.6 Å². The molecule has 1 heterocycles. The third kappa shape index (κ3) is 4.97. The Hall–Kier alpha value is -2.07. The summed E-state index contributed by atoms with van der Waals surface area (Å²) in [6.45, 7) is 2.37. The first-order valence-electron chi connectivity index (χ1n) is 8.69. The quantitative estimate of drug-likeness (QED) is 0.419. The fourth-order valence-corrected chi connectivity index (χ4v) is 4.30. The highest BCUT2D eigenvalue weighted by Gasteiger charge is 2.34. The molecule has 1 aliphatic heterocycles. The number of amides is 2. The molecule has 1 fully saturated rings. The lowest BCUT2D eigenvalue weighted by Gasteiger charge is -2.15. The maximum absolute atomic E-state index is 12.8. The molecule has 1 N–H and O–H groups in total. The van der Waals surface area contributed by atoms with Crippen LogP contribution >= 0.6 is 51.5 Å². The first-order valence-corrected chi connectivity index (χ1v) is 11.1. The molecule has 10 heteroatoms. The normalized spacial score (nSPS) is 14.9. The molecule has 0 bridgehead atoms. The molecule has 1 saturated heterocycles. The van der Waals surface area contributed by atoms with E-state index in [0.717, 1.165) is 21.2 Å². The van der Waals surface area contributed by atoms with Crippen molar-refractivity contribution in [1.82, 2.24) is 10.4 Å². The SMILES string of the molecule is CCOc1cc(Br)c(/C=C2\SC(=S)N(NC(=O)c3ccc(Cl)cc3)C2=O)cc1OC. The monoisotopic (exact) mass is 526 g/mol. The maximum Gasteiger partial charge on any atom is 0.285 e. The van der Waals surface area contributed by atoms with Gasteiger partial charge in [-0.2, -0.15) is 5.01 Å². The third-order valence-electron chi connectivity index (χ3n) is 3.98. The van der Waals surface area contributed by atoms with Crippen LogP contribution < -0.4 is 14.9 Å². The van der Waals surface area contributed by atoms with Gasteiger partial charge in [0.15, 0.2) is 15.8 Å². The van der Waals surface area contributed by atoms with E-state index < -0.39 is 11.8 Å². The van der Waals surface area contributed by atoms with Gasteiger partial charge in [-0.05, 0) is 67.2 Å². The van der Waals surface area contributed by atoms with E-state index >= 15 is 0 Å². The molecule has 0 spiro atoms. The van der Waals surface area contributed by atoms with Gasteiger partial charge < -0.3 is 9.47 Å². The zero-order chi connectivity index (χ0) is 21.8. The number of ether oxygens (including phenoxy) is 2. The summed E-state index contributed by atoms with van der Waals surface area (Å²) in [4.78, 5) is 25.6. The Morgan fingerprint density at radius 3 is 2.63 bits per heavy atom. The molecule has 3 rings (SSSR count). The van der Waals surface area contributed by atoms with Crippen LogP contribution in [0.1, 0.15) is 22.8 Å². The van der Waals surface area contributed by atoms with Crippen molar-refractivity contribution < 1.29 is 19.1 Å². The number of benzene rings is 2. The van der Waals surface area contributed by atoms with E-state index in [2.05, 4.69) is 21.4 Å². The fraction of sp³-hybridized carbons (Fsp3) is 0.150. The number of hydrazine groups is 1. The Kier molecular flexibility index (Phi) is 7.41. The van der Waals surface area contributed by atoms with Crippen LogP contribution in [-0.2, 0) is 4.79 Å². The number of thioether (sulfide) groups is 1. The minimum atomic E-state index is -0.465. The second-order valence-corrected chi connectivity index (χ2v) is 8.89. The van der Waals surface area contributed by atoms with Crippen LogP contribution in [0.2, 0.25) is 5.02 Å². The molecule has 0 unspecified atom stereocenters. The largest absolute Gasteiger partial charge is 0.493 e. The number of rotatable bonds is 6. The van der Waals surface area contributed by atoms with E-state index in [4.69, 9.17) is 33.3 Å². The van der Waals surface area contributed by atoms with Crippen LogP contribution in [0, 0.1) is 0 Å². The summed E-state index contributed by atoms with van der Waals surface area (Å²) < 4.78 is 11.9. The van der Waals surface area contributed by atoms with Gasteiger partial charge >= 0.3 is 0 Å². The lowest BCUT2D eigenvalue weighted by molar-refractivity contribution is -0.123. The van der Waals surface area contributed by atoms with Crippen molar-refractivity contribution >= 4 is 73.7 Å². The van der Waals surface area contributed by atoms with Crippen LogP contribution in [0.3, 0.4) is 0 Å². The summed E-state index contributed by atoms with van der Waals surface area (Å²) >= 11 is 15.7. The number of carbonyl (C=O) groups is 2. The van der Waals surface area contributed by atoms with Crippen LogP contribution in [0.4, 0.5) is 0 Å². The van der Waals surface area contributed by atoms with E-state index in [1.54, 1.807) is 49.6 Å². The van der Waals surface area contributed by atoms with Gasteiger partial charge in [0.2, 0.25) is 0 Å². The number of nitrogens with one attached hydrogen (secondary N) is 1. The summed E-state index contributed by atoms with van der Waals surface area (Å²) in [5.41, 5.74) is 3.60. The van der Waals surface area contributed by atoms with Gasteiger partial charge in [0.1, 0.15) is 0 Å². The molecule has 0 aromatic heterocycles. The van der Waals surface area contributed by atoms with Crippen LogP contribution in [-0.4, -0.2) is 34.9 Å². The Morgan fingerprint density at radius 1 is 1.30 bits per heavy atom. The summed E-state index contributed by atoms with van der Waals surface area (Å²) in [5.74, 6) is 0.241. The lowest BCUT2D eigenvalue weighted by atomic mass is 10.2. The molecule has 1 aliphatic rings. The van der Waals surface area contributed by atoms with Crippen LogP contribution in [0.25, 0.3) is 6.08 Å². The molecular formula is C20H16BrClN2O4S2. The molecule has 0 aliphatic carbocycles. The van der Waals surface area contributed by atoms with Gasteiger partial charge in [-0.1, -0.05) is 39.3 Å². The Labute approximate surface area is 196 Å². The Balaban J connectivity index is 1.82. The average Bonchev–Trinajstić information content (AvgIpc) is 2.98. The van der Waals surface area contributed by atoms with Gasteiger partial charge in [0.25, 0.3) is 11.8 Å². The topological polar surface area (TPSA) is 67.9 Å². The van der Waals surface area contributed by atoms with Gasteiger partial charge in [-0.15, -0.1) is 0 Å².